The van der Waals surface area contributed by atoms with Crippen molar-refractivity contribution >= 4 is 9.84 Å². The molecule has 0 amide bonds. The summed E-state index contributed by atoms with van der Waals surface area (Å²) in [5, 5.41) is 5.93. The maximum absolute atomic E-state index is 13.5. The summed E-state index contributed by atoms with van der Waals surface area (Å²) in [6.45, 7) is 0. The molecule has 1 aromatic carbocycles. The number of H-pyrrole nitrogens is 1. The first-order chi connectivity index (χ1) is 7.50. The molecule has 84 valence electrons. The summed E-state index contributed by atoms with van der Waals surface area (Å²) >= 11 is 0. The Morgan fingerprint density at radius 2 is 1.94 bits per heavy atom. The van der Waals surface area contributed by atoms with Crippen molar-refractivity contribution < 1.29 is 12.8 Å². The third kappa shape index (κ3) is 1.83. The number of aromatic amines is 1. The minimum absolute atomic E-state index is 0.0717. The molecule has 0 aliphatic carbocycles. The Labute approximate surface area is 92.0 Å². The summed E-state index contributed by atoms with van der Waals surface area (Å²) in [5.41, 5.74) is 0.470. The maximum Gasteiger partial charge on any atom is 0.192 e. The first-order valence-corrected chi connectivity index (χ1v) is 6.37. The van der Waals surface area contributed by atoms with Crippen molar-refractivity contribution in [3.8, 4) is 11.1 Å². The molecule has 0 aliphatic rings. The van der Waals surface area contributed by atoms with Crippen LogP contribution in [0, 0.1) is 5.82 Å². The van der Waals surface area contributed by atoms with Crippen LogP contribution in [0.2, 0.25) is 0 Å². The number of aromatic nitrogens is 2. The lowest BCUT2D eigenvalue weighted by atomic mass is 10.1. The predicted molar refractivity (Wildman–Crippen MR) is 57.1 cm³/mol. The SMILES string of the molecule is CS(=O)(=O)c1[nH]ncc1-c1ccccc1F. The van der Waals surface area contributed by atoms with Crippen molar-refractivity contribution in [2.75, 3.05) is 6.26 Å². The second-order valence-electron chi connectivity index (χ2n) is 3.36. The number of halogens is 1. The molecule has 1 heterocycles. The molecular formula is C10H9FN2O2S. The standard InChI is InChI=1S/C10H9FN2O2S/c1-16(14,15)10-8(6-12-13-10)7-4-2-3-5-9(7)11/h2-6H,1H3,(H,12,13). The third-order valence-corrected chi connectivity index (χ3v) is 3.19. The Hall–Kier alpha value is -1.69. The van der Waals surface area contributed by atoms with Crippen molar-refractivity contribution in [2.45, 2.75) is 5.03 Å². The number of nitrogens with one attached hydrogen (secondary N) is 1. The molecule has 0 aliphatic heterocycles. The topological polar surface area (TPSA) is 62.8 Å². The quantitative estimate of drug-likeness (QED) is 0.867. The maximum atomic E-state index is 13.5. The average Bonchev–Trinajstić information content (AvgIpc) is 2.66. The predicted octanol–water partition coefficient (Wildman–Crippen LogP) is 1.62. The number of rotatable bonds is 2. The second-order valence-corrected chi connectivity index (χ2v) is 5.32. The van der Waals surface area contributed by atoms with Crippen molar-refractivity contribution in [3.05, 3.63) is 36.3 Å². The van der Waals surface area contributed by atoms with E-state index in [0.29, 0.717) is 0 Å². The van der Waals surface area contributed by atoms with E-state index in [-0.39, 0.29) is 16.2 Å². The van der Waals surface area contributed by atoms with Crippen LogP contribution >= 0.6 is 0 Å². The summed E-state index contributed by atoms with van der Waals surface area (Å²) in [7, 11) is -3.44. The summed E-state index contributed by atoms with van der Waals surface area (Å²) in [4.78, 5) is 0. The fraction of sp³-hybridized carbons (Fsp3) is 0.100. The molecule has 0 bridgehead atoms. The average molecular weight is 240 g/mol. The Kier molecular flexibility index (Phi) is 2.51. The summed E-state index contributed by atoms with van der Waals surface area (Å²) in [5.74, 6) is -0.478. The normalized spacial score (nSPS) is 11.6. The van der Waals surface area contributed by atoms with Crippen molar-refractivity contribution in [1.82, 2.24) is 10.2 Å². The molecule has 0 fully saturated rings. The number of nitrogens with zero attached hydrogens (tertiary/aromatic N) is 1. The molecule has 0 saturated carbocycles. The van der Waals surface area contributed by atoms with Gasteiger partial charge >= 0.3 is 0 Å². The van der Waals surface area contributed by atoms with Gasteiger partial charge in [-0.1, -0.05) is 18.2 Å². The van der Waals surface area contributed by atoms with Gasteiger partial charge in [-0.05, 0) is 6.07 Å². The molecule has 0 spiro atoms. The Bertz CT molecular complexity index is 619. The summed E-state index contributed by atoms with van der Waals surface area (Å²) in [6.07, 6.45) is 2.35. The number of benzene rings is 1. The molecule has 6 heteroatoms. The highest BCUT2D eigenvalue weighted by Gasteiger charge is 2.18. The highest BCUT2D eigenvalue weighted by molar-refractivity contribution is 7.90. The lowest BCUT2D eigenvalue weighted by molar-refractivity contribution is 0.598. The van der Waals surface area contributed by atoms with Crippen LogP contribution in [0.1, 0.15) is 0 Å². The highest BCUT2D eigenvalue weighted by atomic mass is 32.2. The van der Waals surface area contributed by atoms with Gasteiger partial charge in [0, 0.05) is 17.4 Å². The van der Waals surface area contributed by atoms with E-state index in [1.165, 1.54) is 18.3 Å². The van der Waals surface area contributed by atoms with Gasteiger partial charge < -0.3 is 0 Å². The summed E-state index contributed by atoms with van der Waals surface area (Å²) < 4.78 is 36.3. The smallest absolute Gasteiger partial charge is 0.192 e. The molecule has 1 N–H and O–H groups in total. The van der Waals surface area contributed by atoms with E-state index in [0.717, 1.165) is 6.26 Å². The molecule has 0 saturated heterocycles. The van der Waals surface area contributed by atoms with Crippen LogP contribution in [-0.2, 0) is 9.84 Å². The lowest BCUT2D eigenvalue weighted by Gasteiger charge is -2.02. The minimum Gasteiger partial charge on any atom is -0.267 e. The minimum atomic E-state index is -3.44. The number of hydrogen-bond acceptors (Lipinski definition) is 3. The van der Waals surface area contributed by atoms with Gasteiger partial charge in [0.1, 0.15) is 5.82 Å². The van der Waals surface area contributed by atoms with Crippen molar-refractivity contribution in [3.63, 3.8) is 0 Å². The van der Waals surface area contributed by atoms with E-state index < -0.39 is 15.7 Å². The van der Waals surface area contributed by atoms with Crippen LogP contribution in [-0.4, -0.2) is 24.9 Å². The molecule has 0 radical (unpaired) electrons. The summed E-state index contributed by atoms with van der Waals surface area (Å²) in [6, 6.07) is 5.96. The molecule has 4 nitrogen and oxygen atoms in total. The Morgan fingerprint density at radius 3 is 2.56 bits per heavy atom. The van der Waals surface area contributed by atoms with Gasteiger partial charge in [0.05, 0.1) is 6.20 Å². The molecule has 16 heavy (non-hydrogen) atoms. The van der Waals surface area contributed by atoms with Gasteiger partial charge in [0.15, 0.2) is 14.9 Å². The zero-order valence-corrected chi connectivity index (χ0v) is 9.25. The van der Waals surface area contributed by atoms with Crippen LogP contribution in [0.25, 0.3) is 11.1 Å². The Morgan fingerprint density at radius 1 is 1.25 bits per heavy atom. The van der Waals surface area contributed by atoms with Crippen LogP contribution in [0.4, 0.5) is 4.39 Å². The molecule has 2 rings (SSSR count). The molecular weight excluding hydrogens is 231 g/mol. The zero-order chi connectivity index (χ0) is 11.8. The lowest BCUT2D eigenvalue weighted by Crippen LogP contribution is -2.00. The Balaban J connectivity index is 2.68. The number of sulfone groups is 1. The van der Waals surface area contributed by atoms with Gasteiger partial charge in [-0.2, -0.15) is 5.10 Å². The van der Waals surface area contributed by atoms with Crippen LogP contribution < -0.4 is 0 Å². The molecule has 2 aromatic rings. The van der Waals surface area contributed by atoms with Gasteiger partial charge in [-0.15, -0.1) is 0 Å². The van der Waals surface area contributed by atoms with E-state index in [1.54, 1.807) is 12.1 Å². The van der Waals surface area contributed by atoms with E-state index in [4.69, 9.17) is 0 Å². The van der Waals surface area contributed by atoms with E-state index in [9.17, 15) is 12.8 Å². The largest absolute Gasteiger partial charge is 0.267 e. The van der Waals surface area contributed by atoms with E-state index in [2.05, 4.69) is 10.2 Å². The van der Waals surface area contributed by atoms with Crippen LogP contribution in [0.5, 0.6) is 0 Å². The third-order valence-electron chi connectivity index (χ3n) is 2.14. The number of hydrogen-bond donors (Lipinski definition) is 1. The first-order valence-electron chi connectivity index (χ1n) is 4.48. The fourth-order valence-corrected chi connectivity index (χ4v) is 2.21. The van der Waals surface area contributed by atoms with Gasteiger partial charge in [0.25, 0.3) is 0 Å². The van der Waals surface area contributed by atoms with E-state index >= 15 is 0 Å². The van der Waals surface area contributed by atoms with Crippen molar-refractivity contribution in [2.24, 2.45) is 0 Å². The van der Waals surface area contributed by atoms with Gasteiger partial charge in [0.2, 0.25) is 0 Å². The monoisotopic (exact) mass is 240 g/mol. The van der Waals surface area contributed by atoms with Crippen LogP contribution in [0.15, 0.2) is 35.5 Å². The fourth-order valence-electron chi connectivity index (χ4n) is 1.43. The van der Waals surface area contributed by atoms with E-state index in [1.807, 2.05) is 0 Å². The first kappa shape index (κ1) is 10.8. The molecule has 1 aromatic heterocycles. The molecule has 0 atom stereocenters. The zero-order valence-electron chi connectivity index (χ0n) is 8.44. The van der Waals surface area contributed by atoms with Crippen molar-refractivity contribution in [1.29, 1.82) is 0 Å². The van der Waals surface area contributed by atoms with Crippen LogP contribution in [0.3, 0.4) is 0 Å². The molecule has 0 unspecified atom stereocenters. The highest BCUT2D eigenvalue weighted by Crippen LogP contribution is 2.27. The second kappa shape index (κ2) is 3.71. The van der Waals surface area contributed by atoms with Gasteiger partial charge in [-0.3, -0.25) is 5.10 Å². The van der Waals surface area contributed by atoms with Gasteiger partial charge in [-0.25, -0.2) is 12.8 Å².